The Morgan fingerprint density at radius 2 is 1.72 bits per heavy atom. The van der Waals surface area contributed by atoms with Crippen LogP contribution in [-0.4, -0.2) is 113 Å². The van der Waals surface area contributed by atoms with E-state index in [0.29, 0.717) is 18.0 Å². The third-order valence-electron chi connectivity index (χ3n) is 5.36. The Hall–Kier alpha value is -0.540. The van der Waals surface area contributed by atoms with E-state index in [0.717, 1.165) is 0 Å². The van der Waals surface area contributed by atoms with E-state index in [4.69, 9.17) is 30.4 Å². The number of methoxy groups -OCH3 is 1. The van der Waals surface area contributed by atoms with E-state index in [-0.39, 0.29) is 0 Å². The number of nitrogens with one attached hydrogen (secondary N) is 1. The van der Waals surface area contributed by atoms with Crippen LogP contribution in [-0.2, 0) is 18.9 Å². The minimum absolute atomic E-state index is 0.350. The molecule has 0 amide bonds. The number of nitrogens with two attached hydrogens (primary N) is 2. The molecule has 29 heavy (non-hydrogen) atoms. The molecule has 2 aliphatic rings. The first-order chi connectivity index (χ1) is 13.8. The molecule has 12 heteroatoms. The molecule has 0 aromatic carbocycles. The summed E-state index contributed by atoms with van der Waals surface area (Å²) in [6, 6.07) is -1.63. The fourth-order valence-corrected chi connectivity index (χ4v) is 3.91. The van der Waals surface area contributed by atoms with E-state index in [1.807, 2.05) is 0 Å². The summed E-state index contributed by atoms with van der Waals surface area (Å²) in [5.74, 6) is 0.832. The zero-order chi connectivity index (χ0) is 21.7. The van der Waals surface area contributed by atoms with Crippen LogP contribution in [0.5, 0.6) is 0 Å². The Balaban J connectivity index is 2.30. The second-order valence-electron chi connectivity index (χ2n) is 7.32. The van der Waals surface area contributed by atoms with Crippen molar-refractivity contribution in [1.82, 2.24) is 0 Å². The molecule has 11 nitrogen and oxygen atoms in total. The van der Waals surface area contributed by atoms with Crippen molar-refractivity contribution >= 4 is 18.5 Å². The first-order valence-corrected chi connectivity index (χ1v) is 10.2. The van der Waals surface area contributed by atoms with Crippen LogP contribution in [0.1, 0.15) is 13.3 Å². The van der Waals surface area contributed by atoms with Gasteiger partial charge in [-0.1, -0.05) is 0 Å². The summed E-state index contributed by atoms with van der Waals surface area (Å²) in [7, 11) is 1.39. The average Bonchev–Trinajstić information content (AvgIpc) is 2.70. The van der Waals surface area contributed by atoms with E-state index in [9.17, 15) is 20.4 Å². The average molecular weight is 441 g/mol. The number of amidine groups is 1. The summed E-state index contributed by atoms with van der Waals surface area (Å²) in [5, 5.41) is 40.7. The van der Waals surface area contributed by atoms with Gasteiger partial charge in [0.15, 0.2) is 6.04 Å². The fourth-order valence-electron chi connectivity index (χ4n) is 3.67. The predicted octanol–water partition coefficient (Wildman–Crippen LogP) is -4.94. The molecule has 0 aromatic heterocycles. The van der Waals surface area contributed by atoms with E-state index in [1.165, 1.54) is 7.11 Å². The summed E-state index contributed by atoms with van der Waals surface area (Å²) in [6.07, 6.45) is -7.13. The fraction of sp³-hybridized carbons (Fsp3) is 0.941. The third-order valence-corrected chi connectivity index (χ3v) is 5.58. The maximum atomic E-state index is 10.8. The zero-order valence-electron chi connectivity index (χ0n) is 16.6. The zero-order valence-corrected chi connectivity index (χ0v) is 17.5. The SMILES string of the molecule is CO[C@@H]1C(CO)O[C@@H](O[C@@H]2C(CO)OC(C)C(N)[C@H]2O)C([NH+]=C(N)CCS)[C@H]1O. The number of aliphatic hydroxyl groups excluding tert-OH is 4. The monoisotopic (exact) mass is 440 g/mol. The molecule has 2 fully saturated rings. The summed E-state index contributed by atoms with van der Waals surface area (Å²) < 4.78 is 22.7. The molecule has 0 aromatic rings. The van der Waals surface area contributed by atoms with Crippen LogP contribution in [0.3, 0.4) is 0 Å². The molecule has 5 unspecified atom stereocenters. The molecule has 2 aliphatic heterocycles. The predicted molar refractivity (Wildman–Crippen MR) is 105 cm³/mol. The molecular weight excluding hydrogens is 406 g/mol. The molecule has 0 saturated carbocycles. The lowest BCUT2D eigenvalue weighted by atomic mass is 9.93. The largest absolute Gasteiger partial charge is 0.394 e. The van der Waals surface area contributed by atoms with Gasteiger partial charge in [0.2, 0.25) is 12.1 Å². The van der Waals surface area contributed by atoms with Crippen molar-refractivity contribution in [2.75, 3.05) is 26.1 Å². The first kappa shape index (κ1) is 24.7. The van der Waals surface area contributed by atoms with Gasteiger partial charge in [-0.15, -0.1) is 0 Å². The van der Waals surface area contributed by atoms with Gasteiger partial charge in [0.25, 0.3) is 0 Å². The molecule has 10 atom stereocenters. The highest BCUT2D eigenvalue weighted by molar-refractivity contribution is 7.80. The standard InChI is InChI=1S/C17H33N3O8S/c1-7-11(19)13(23)16(9(6-22)26-7)28-17-12(20-10(18)3-4-29)14(24)15(25-2)8(5-21)27-17/h7-9,11-17,21-24,29H,3-6,19H2,1-2H3,(H2,18,20)/p+1/t7?,8?,9?,11?,12?,13-,14-,15-,16-,17+/m1/s1. The van der Waals surface area contributed by atoms with Crippen molar-refractivity contribution in [2.24, 2.45) is 11.5 Å². The van der Waals surface area contributed by atoms with Gasteiger partial charge in [0.05, 0.1) is 31.8 Å². The van der Waals surface area contributed by atoms with Crippen molar-refractivity contribution in [2.45, 2.75) is 74.4 Å². The second kappa shape index (κ2) is 11.2. The van der Waals surface area contributed by atoms with Crippen molar-refractivity contribution in [1.29, 1.82) is 0 Å². The Morgan fingerprint density at radius 3 is 2.28 bits per heavy atom. The number of thiol groups is 1. The molecule has 0 aliphatic carbocycles. The lowest BCUT2D eigenvalue weighted by Crippen LogP contribution is -2.90. The summed E-state index contributed by atoms with van der Waals surface area (Å²) in [5.41, 5.74) is 11.9. The molecular formula is C17H34N3O8S+. The van der Waals surface area contributed by atoms with Gasteiger partial charge in [-0.3, -0.25) is 10.7 Å². The number of ether oxygens (including phenoxy) is 4. The van der Waals surface area contributed by atoms with Crippen LogP contribution in [0.25, 0.3) is 0 Å². The third kappa shape index (κ3) is 5.58. The summed E-state index contributed by atoms with van der Waals surface area (Å²) in [4.78, 5) is 2.95. The molecule has 9 N–H and O–H groups in total. The number of hydrogen-bond acceptors (Lipinski definition) is 10. The Bertz CT molecular complexity index is 543. The quantitative estimate of drug-likeness (QED) is 0.103. The second-order valence-corrected chi connectivity index (χ2v) is 7.76. The molecule has 0 radical (unpaired) electrons. The van der Waals surface area contributed by atoms with Gasteiger partial charge in [0, 0.05) is 12.9 Å². The van der Waals surface area contributed by atoms with Gasteiger partial charge in [-0.25, -0.2) is 0 Å². The molecule has 2 saturated heterocycles. The molecule has 2 heterocycles. The minimum Gasteiger partial charge on any atom is -0.394 e. The highest BCUT2D eigenvalue weighted by Gasteiger charge is 2.51. The molecule has 0 bridgehead atoms. The van der Waals surface area contributed by atoms with Crippen molar-refractivity contribution in [3.05, 3.63) is 0 Å². The molecule has 170 valence electrons. The van der Waals surface area contributed by atoms with E-state index >= 15 is 0 Å². The normalized spacial score (nSPS) is 44.1. The Morgan fingerprint density at radius 1 is 1.10 bits per heavy atom. The first-order valence-electron chi connectivity index (χ1n) is 9.60. The van der Waals surface area contributed by atoms with Gasteiger partial charge >= 0.3 is 0 Å². The molecule has 0 spiro atoms. The maximum Gasteiger partial charge on any atom is 0.241 e. The van der Waals surface area contributed by atoms with Crippen LogP contribution in [0.2, 0.25) is 0 Å². The Labute approximate surface area is 175 Å². The van der Waals surface area contributed by atoms with Crippen LogP contribution >= 0.6 is 12.6 Å². The van der Waals surface area contributed by atoms with Crippen LogP contribution < -0.4 is 16.5 Å². The highest BCUT2D eigenvalue weighted by Crippen LogP contribution is 2.28. The number of hydrogen-bond donors (Lipinski definition) is 8. The topological polar surface area (TPSA) is 184 Å². The van der Waals surface area contributed by atoms with Gasteiger partial charge in [-0.05, 0) is 6.92 Å². The van der Waals surface area contributed by atoms with E-state index < -0.39 is 74.3 Å². The van der Waals surface area contributed by atoms with Gasteiger partial charge < -0.3 is 45.1 Å². The summed E-state index contributed by atoms with van der Waals surface area (Å²) >= 11 is 4.13. The molecule has 2 rings (SSSR count). The van der Waals surface area contributed by atoms with E-state index in [2.05, 4.69) is 17.6 Å². The maximum absolute atomic E-state index is 10.8. The lowest BCUT2D eigenvalue weighted by molar-refractivity contribution is -0.566. The van der Waals surface area contributed by atoms with Crippen molar-refractivity contribution < 1.29 is 44.4 Å². The Kier molecular flexibility index (Phi) is 9.54. The van der Waals surface area contributed by atoms with Gasteiger partial charge in [0.1, 0.15) is 36.6 Å². The van der Waals surface area contributed by atoms with Crippen LogP contribution in [0.4, 0.5) is 0 Å². The lowest BCUT2D eigenvalue weighted by Gasteiger charge is -2.46. The van der Waals surface area contributed by atoms with Crippen molar-refractivity contribution in [3.63, 3.8) is 0 Å². The minimum atomic E-state index is -1.16. The number of rotatable bonds is 8. The van der Waals surface area contributed by atoms with Crippen molar-refractivity contribution in [3.8, 4) is 0 Å². The summed E-state index contributed by atoms with van der Waals surface area (Å²) in [6.45, 7) is 0.849. The van der Waals surface area contributed by atoms with Gasteiger partial charge in [-0.2, -0.15) is 12.6 Å². The van der Waals surface area contributed by atoms with Crippen LogP contribution in [0, 0.1) is 0 Å². The van der Waals surface area contributed by atoms with Crippen LogP contribution in [0.15, 0.2) is 0 Å². The number of aliphatic hydroxyl groups is 4. The highest BCUT2D eigenvalue weighted by atomic mass is 32.1. The van der Waals surface area contributed by atoms with E-state index in [1.54, 1.807) is 6.92 Å². The smallest absolute Gasteiger partial charge is 0.241 e.